The molecule has 116 valence electrons. The van der Waals surface area contributed by atoms with Gasteiger partial charge in [-0.15, -0.1) is 0 Å². The molecule has 1 aromatic heterocycles. The zero-order valence-corrected chi connectivity index (χ0v) is 13.6. The maximum atomic E-state index is 12.1. The average Bonchev–Trinajstić information content (AvgIpc) is 2.93. The van der Waals surface area contributed by atoms with Crippen LogP contribution in [-0.2, 0) is 4.79 Å². The van der Waals surface area contributed by atoms with E-state index in [0.29, 0.717) is 12.4 Å². The number of amides is 1. The molecule has 1 aliphatic carbocycles. The summed E-state index contributed by atoms with van der Waals surface area (Å²) >= 11 is 0. The predicted octanol–water partition coefficient (Wildman–Crippen LogP) is 3.07. The maximum absolute atomic E-state index is 12.1. The van der Waals surface area contributed by atoms with Crippen molar-refractivity contribution >= 4 is 17.5 Å². The van der Waals surface area contributed by atoms with Crippen LogP contribution in [0, 0.1) is 19.8 Å². The molecule has 1 heterocycles. The first-order valence-electron chi connectivity index (χ1n) is 7.79. The van der Waals surface area contributed by atoms with Crippen LogP contribution in [0.25, 0.3) is 0 Å². The number of nitrogens with zero attached hydrogens (tertiary/aromatic N) is 3. The average molecular weight is 290 g/mol. The lowest BCUT2D eigenvalue weighted by molar-refractivity contribution is -0.116. The molecule has 0 aromatic carbocycles. The molecule has 0 saturated heterocycles. The third-order valence-electron chi connectivity index (χ3n) is 4.18. The summed E-state index contributed by atoms with van der Waals surface area (Å²) in [6.45, 7) is 3.82. The van der Waals surface area contributed by atoms with Crippen LogP contribution in [0.4, 0.5) is 11.6 Å². The Morgan fingerprint density at radius 1 is 1.19 bits per heavy atom. The van der Waals surface area contributed by atoms with Crippen LogP contribution in [0.5, 0.6) is 0 Å². The van der Waals surface area contributed by atoms with Crippen LogP contribution in [0.15, 0.2) is 0 Å². The van der Waals surface area contributed by atoms with Crippen molar-refractivity contribution in [1.29, 1.82) is 0 Å². The summed E-state index contributed by atoms with van der Waals surface area (Å²) in [5.74, 6) is 1.49. The van der Waals surface area contributed by atoms with Gasteiger partial charge in [-0.25, -0.2) is 9.97 Å². The molecule has 5 nitrogen and oxygen atoms in total. The fourth-order valence-corrected chi connectivity index (χ4v) is 2.92. The number of carbonyl (C=O) groups is 1. The number of hydrogen-bond acceptors (Lipinski definition) is 4. The zero-order chi connectivity index (χ0) is 15.4. The summed E-state index contributed by atoms with van der Waals surface area (Å²) in [5, 5.41) is 2.99. The lowest BCUT2D eigenvalue weighted by Gasteiger charge is -2.16. The molecule has 1 amide bonds. The summed E-state index contributed by atoms with van der Waals surface area (Å²) < 4.78 is 0. The molecule has 2 rings (SSSR count). The second-order valence-corrected chi connectivity index (χ2v) is 6.20. The molecule has 0 atom stereocenters. The van der Waals surface area contributed by atoms with Crippen LogP contribution in [0.1, 0.15) is 49.9 Å². The van der Waals surface area contributed by atoms with E-state index >= 15 is 0 Å². The quantitative estimate of drug-likeness (QED) is 0.905. The fraction of sp³-hybridized carbons (Fsp3) is 0.688. The van der Waals surface area contributed by atoms with Crippen molar-refractivity contribution < 1.29 is 4.79 Å². The summed E-state index contributed by atoms with van der Waals surface area (Å²) in [6, 6.07) is 0. The first-order chi connectivity index (χ1) is 9.97. The van der Waals surface area contributed by atoms with Gasteiger partial charge >= 0.3 is 0 Å². The van der Waals surface area contributed by atoms with Gasteiger partial charge in [0, 0.05) is 20.5 Å². The Labute approximate surface area is 127 Å². The van der Waals surface area contributed by atoms with Gasteiger partial charge in [0.15, 0.2) is 0 Å². The highest BCUT2D eigenvalue weighted by atomic mass is 16.1. The van der Waals surface area contributed by atoms with Gasteiger partial charge in [-0.1, -0.05) is 25.7 Å². The van der Waals surface area contributed by atoms with E-state index in [-0.39, 0.29) is 5.91 Å². The van der Waals surface area contributed by atoms with E-state index in [2.05, 4.69) is 15.3 Å². The number of anilines is 2. The van der Waals surface area contributed by atoms with Crippen molar-refractivity contribution in [2.24, 2.45) is 5.92 Å². The van der Waals surface area contributed by atoms with E-state index in [9.17, 15) is 4.79 Å². The summed E-state index contributed by atoms with van der Waals surface area (Å²) in [6.07, 6.45) is 6.81. The fourth-order valence-electron chi connectivity index (χ4n) is 2.92. The highest BCUT2D eigenvalue weighted by Crippen LogP contribution is 2.28. The third-order valence-corrected chi connectivity index (χ3v) is 4.18. The smallest absolute Gasteiger partial charge is 0.225 e. The molecule has 5 heteroatoms. The van der Waals surface area contributed by atoms with Gasteiger partial charge in [0.1, 0.15) is 0 Å². The van der Waals surface area contributed by atoms with Gasteiger partial charge in [-0.3, -0.25) is 4.79 Å². The molecule has 1 aromatic rings. The first kappa shape index (κ1) is 15.7. The second kappa shape index (κ2) is 6.87. The summed E-state index contributed by atoms with van der Waals surface area (Å²) in [7, 11) is 3.82. The Morgan fingerprint density at radius 3 is 2.29 bits per heavy atom. The Hall–Kier alpha value is -1.65. The largest absolute Gasteiger partial charge is 0.347 e. The van der Waals surface area contributed by atoms with Crippen molar-refractivity contribution in [2.75, 3.05) is 24.3 Å². The Kier molecular flexibility index (Phi) is 5.15. The monoisotopic (exact) mass is 290 g/mol. The predicted molar refractivity (Wildman–Crippen MR) is 85.7 cm³/mol. The number of aryl methyl sites for hydroxylation is 2. The SMILES string of the molecule is Cc1nc(N(C)C)nc(C)c1NC(=O)CCC1CCCC1. The van der Waals surface area contributed by atoms with Crippen LogP contribution < -0.4 is 10.2 Å². The highest BCUT2D eigenvalue weighted by Gasteiger charge is 2.17. The number of hydrogen-bond donors (Lipinski definition) is 1. The molecule has 0 spiro atoms. The van der Waals surface area contributed by atoms with Crippen molar-refractivity contribution in [3.8, 4) is 0 Å². The maximum Gasteiger partial charge on any atom is 0.225 e. The molecule has 0 unspecified atom stereocenters. The molecule has 1 N–H and O–H groups in total. The van der Waals surface area contributed by atoms with Gasteiger partial charge in [0.25, 0.3) is 0 Å². The van der Waals surface area contributed by atoms with Crippen molar-refractivity contribution in [3.05, 3.63) is 11.4 Å². The van der Waals surface area contributed by atoms with E-state index in [1.165, 1.54) is 25.7 Å². The normalized spacial score (nSPS) is 15.2. The highest BCUT2D eigenvalue weighted by molar-refractivity contribution is 5.91. The topological polar surface area (TPSA) is 58.1 Å². The molecule has 0 radical (unpaired) electrons. The van der Waals surface area contributed by atoms with Crippen molar-refractivity contribution in [2.45, 2.75) is 52.4 Å². The zero-order valence-electron chi connectivity index (χ0n) is 13.6. The minimum atomic E-state index is 0.0781. The minimum Gasteiger partial charge on any atom is -0.347 e. The van der Waals surface area contributed by atoms with E-state index in [1.807, 2.05) is 32.8 Å². The molecular formula is C16H26N4O. The van der Waals surface area contributed by atoms with Crippen molar-refractivity contribution in [3.63, 3.8) is 0 Å². The van der Waals surface area contributed by atoms with Crippen LogP contribution in [0.3, 0.4) is 0 Å². The number of rotatable bonds is 5. The molecule has 0 bridgehead atoms. The lowest BCUT2D eigenvalue weighted by Crippen LogP contribution is -2.18. The molecule has 21 heavy (non-hydrogen) atoms. The summed E-state index contributed by atoms with van der Waals surface area (Å²) in [4.78, 5) is 22.8. The van der Waals surface area contributed by atoms with E-state index < -0.39 is 0 Å². The third kappa shape index (κ3) is 4.16. The molecule has 1 saturated carbocycles. The van der Waals surface area contributed by atoms with Gasteiger partial charge in [-0.05, 0) is 26.2 Å². The van der Waals surface area contributed by atoms with Crippen LogP contribution >= 0.6 is 0 Å². The van der Waals surface area contributed by atoms with Crippen LogP contribution in [-0.4, -0.2) is 30.0 Å². The van der Waals surface area contributed by atoms with E-state index in [1.54, 1.807) is 0 Å². The number of carbonyl (C=O) groups excluding carboxylic acids is 1. The number of aromatic nitrogens is 2. The lowest BCUT2D eigenvalue weighted by atomic mass is 10.0. The first-order valence-corrected chi connectivity index (χ1v) is 7.79. The van der Waals surface area contributed by atoms with E-state index in [4.69, 9.17) is 0 Å². The van der Waals surface area contributed by atoms with Gasteiger partial charge in [0.2, 0.25) is 11.9 Å². The summed E-state index contributed by atoms with van der Waals surface area (Å²) in [5.41, 5.74) is 2.40. The Bertz CT molecular complexity index is 484. The van der Waals surface area contributed by atoms with Crippen LogP contribution in [0.2, 0.25) is 0 Å². The molecule has 1 aliphatic rings. The Morgan fingerprint density at radius 2 is 1.76 bits per heavy atom. The molecule has 1 fully saturated rings. The van der Waals surface area contributed by atoms with Gasteiger partial charge in [-0.2, -0.15) is 0 Å². The standard InChI is InChI=1S/C16H26N4O/c1-11-15(12(2)18-16(17-11)20(3)4)19-14(21)10-9-13-7-5-6-8-13/h13H,5-10H2,1-4H3,(H,19,21). The number of nitrogens with one attached hydrogen (secondary N) is 1. The second-order valence-electron chi connectivity index (χ2n) is 6.20. The molecular weight excluding hydrogens is 264 g/mol. The van der Waals surface area contributed by atoms with Crippen molar-refractivity contribution in [1.82, 2.24) is 9.97 Å². The van der Waals surface area contributed by atoms with Gasteiger partial charge < -0.3 is 10.2 Å². The minimum absolute atomic E-state index is 0.0781. The van der Waals surface area contributed by atoms with Gasteiger partial charge in [0.05, 0.1) is 17.1 Å². The Balaban J connectivity index is 1.96. The van der Waals surface area contributed by atoms with E-state index in [0.717, 1.165) is 29.4 Å². The molecule has 0 aliphatic heterocycles.